The van der Waals surface area contributed by atoms with Gasteiger partial charge in [-0.2, -0.15) is 0 Å². The first-order chi connectivity index (χ1) is 9.12. The van der Waals surface area contributed by atoms with Crippen molar-refractivity contribution < 1.29 is 28.8 Å². The topological polar surface area (TPSA) is 77.4 Å². The quantitative estimate of drug-likeness (QED) is 0.727. The van der Waals surface area contributed by atoms with Gasteiger partial charge in [-0.15, -0.1) is 0 Å². The summed E-state index contributed by atoms with van der Waals surface area (Å²) in [4.78, 5) is 0. The molecule has 4 rings (SSSR count). The Labute approximate surface area is 120 Å². The molecule has 7 atom stereocenters. The molecular formula is C13H24O6Si. The lowest BCUT2D eigenvalue weighted by atomic mass is 9.83. The van der Waals surface area contributed by atoms with Crippen molar-refractivity contribution in [2.24, 2.45) is 0 Å². The van der Waals surface area contributed by atoms with E-state index in [-0.39, 0.29) is 5.04 Å². The van der Waals surface area contributed by atoms with Crippen molar-refractivity contribution in [3.05, 3.63) is 0 Å². The number of ether oxygens (including phenoxy) is 3. The van der Waals surface area contributed by atoms with Crippen molar-refractivity contribution >= 4 is 8.32 Å². The highest BCUT2D eigenvalue weighted by Gasteiger charge is 2.63. The first-order valence-electron chi connectivity index (χ1n) is 7.12. The Bertz CT molecular complexity index is 375. The summed E-state index contributed by atoms with van der Waals surface area (Å²) in [5, 5.41) is 20.5. The van der Waals surface area contributed by atoms with Crippen LogP contribution in [0.1, 0.15) is 20.8 Å². The van der Waals surface area contributed by atoms with Crippen molar-refractivity contribution in [2.45, 2.75) is 82.0 Å². The molecular weight excluding hydrogens is 280 g/mol. The van der Waals surface area contributed by atoms with Crippen LogP contribution in [-0.2, 0) is 18.6 Å². The van der Waals surface area contributed by atoms with Gasteiger partial charge in [0.1, 0.15) is 36.6 Å². The number of aliphatic hydroxyl groups is 2. The maximum Gasteiger partial charge on any atom is 0.272 e. The highest BCUT2D eigenvalue weighted by Crippen LogP contribution is 2.45. The second kappa shape index (κ2) is 4.49. The highest BCUT2D eigenvalue weighted by atomic mass is 28.4. The highest BCUT2D eigenvalue weighted by molar-refractivity contribution is 6.74. The van der Waals surface area contributed by atoms with E-state index >= 15 is 0 Å². The van der Waals surface area contributed by atoms with Crippen molar-refractivity contribution in [3.8, 4) is 0 Å². The van der Waals surface area contributed by atoms with Gasteiger partial charge in [0.25, 0.3) is 6.48 Å². The number of aliphatic hydroxyl groups excluding tert-OH is 2. The summed E-state index contributed by atoms with van der Waals surface area (Å²) in [6, 6.07) is 0. The maximum absolute atomic E-state index is 10.2. The monoisotopic (exact) mass is 304 g/mol. The Balaban J connectivity index is 1.84. The number of rotatable bonds is 2. The molecule has 0 aromatic carbocycles. The fourth-order valence-corrected chi connectivity index (χ4v) is 4.06. The molecule has 7 heteroatoms. The Hall–Kier alpha value is -0.0231. The smallest absolute Gasteiger partial charge is 0.272 e. The second-order valence-electron chi connectivity index (χ2n) is 7.41. The molecule has 3 aliphatic heterocycles. The predicted molar refractivity (Wildman–Crippen MR) is 72.5 cm³/mol. The van der Waals surface area contributed by atoms with Crippen molar-refractivity contribution in [2.75, 3.05) is 0 Å². The molecule has 0 spiro atoms. The van der Waals surface area contributed by atoms with Gasteiger partial charge >= 0.3 is 0 Å². The van der Waals surface area contributed by atoms with Crippen LogP contribution in [0, 0.1) is 0 Å². The van der Waals surface area contributed by atoms with E-state index in [1.165, 1.54) is 0 Å². The van der Waals surface area contributed by atoms with Crippen LogP contribution in [0.25, 0.3) is 0 Å². The average Bonchev–Trinajstić information content (AvgIpc) is 2.32. The lowest BCUT2D eigenvalue weighted by Gasteiger charge is -2.58. The van der Waals surface area contributed by atoms with Crippen molar-refractivity contribution in [1.82, 2.24) is 0 Å². The third-order valence-corrected chi connectivity index (χ3v) is 9.51. The standard InChI is InChI=1S/C13H24O6Si/c1-13(2,3)20(4,5)19-11-9-6(14)8-7(15)10(11)18-12(16-8)17-9/h6-12,14-15H,1-5H3/t6-,7-,8?,9-,10+,11?,12?/m1/s1. The molecule has 3 heterocycles. The zero-order valence-electron chi connectivity index (χ0n) is 12.6. The lowest BCUT2D eigenvalue weighted by Crippen LogP contribution is -2.76. The van der Waals surface area contributed by atoms with E-state index in [0.717, 1.165) is 0 Å². The molecule has 4 bridgehead atoms. The Kier molecular flexibility index (Phi) is 3.34. The fraction of sp³-hybridized carbons (Fsp3) is 1.00. The Morgan fingerprint density at radius 3 is 1.80 bits per heavy atom. The lowest BCUT2D eigenvalue weighted by molar-refractivity contribution is -0.479. The molecule has 3 unspecified atom stereocenters. The zero-order chi connectivity index (χ0) is 14.9. The maximum atomic E-state index is 10.2. The van der Waals surface area contributed by atoms with Gasteiger partial charge in [0, 0.05) is 0 Å². The SMILES string of the molecule is CC(C)(C)[Si](C)(C)OC1[C@H]2OC3OC([C@H]2O)[C@@H](O)[C@H]1O3. The van der Waals surface area contributed by atoms with Gasteiger partial charge in [0.2, 0.25) is 0 Å². The van der Waals surface area contributed by atoms with Crippen LogP contribution in [0.15, 0.2) is 0 Å². The molecule has 1 aliphatic carbocycles. The van der Waals surface area contributed by atoms with Gasteiger partial charge in [-0.3, -0.25) is 0 Å². The molecule has 4 aliphatic rings. The molecule has 0 aromatic rings. The fourth-order valence-electron chi connectivity index (χ4n) is 2.76. The van der Waals surface area contributed by atoms with Gasteiger partial charge in [-0.25, -0.2) is 0 Å². The van der Waals surface area contributed by atoms with E-state index in [1.54, 1.807) is 0 Å². The minimum absolute atomic E-state index is 0.0358. The first-order valence-corrected chi connectivity index (χ1v) is 10.0. The molecule has 0 amide bonds. The van der Waals surface area contributed by atoms with E-state index in [9.17, 15) is 10.2 Å². The van der Waals surface area contributed by atoms with Crippen LogP contribution < -0.4 is 0 Å². The summed E-state index contributed by atoms with van der Waals surface area (Å²) in [6.07, 6.45) is -3.83. The molecule has 3 saturated heterocycles. The molecule has 1 saturated carbocycles. The second-order valence-corrected chi connectivity index (χ2v) is 12.2. The van der Waals surface area contributed by atoms with E-state index < -0.39 is 51.4 Å². The van der Waals surface area contributed by atoms with Gasteiger partial charge < -0.3 is 28.8 Å². The van der Waals surface area contributed by atoms with Crippen molar-refractivity contribution in [1.29, 1.82) is 0 Å². The van der Waals surface area contributed by atoms with Crippen LogP contribution in [0.3, 0.4) is 0 Å². The number of hydrogen-bond donors (Lipinski definition) is 2. The minimum atomic E-state index is -2.05. The van der Waals surface area contributed by atoms with Gasteiger partial charge in [-0.05, 0) is 18.1 Å². The third kappa shape index (κ3) is 2.07. The van der Waals surface area contributed by atoms with Gasteiger partial charge in [0.15, 0.2) is 8.32 Å². The summed E-state index contributed by atoms with van der Waals surface area (Å²) < 4.78 is 22.7. The largest absolute Gasteiger partial charge is 0.408 e. The Morgan fingerprint density at radius 2 is 1.35 bits per heavy atom. The summed E-state index contributed by atoms with van der Waals surface area (Å²) in [7, 11) is -2.05. The number of hydrogen-bond acceptors (Lipinski definition) is 6. The van der Waals surface area contributed by atoms with Crippen LogP contribution in [0.4, 0.5) is 0 Å². The normalized spacial score (nSPS) is 47.9. The van der Waals surface area contributed by atoms with Gasteiger partial charge in [0.05, 0.1) is 0 Å². The molecule has 20 heavy (non-hydrogen) atoms. The van der Waals surface area contributed by atoms with Crippen LogP contribution in [0.5, 0.6) is 0 Å². The predicted octanol–water partition coefficient (Wildman–Crippen LogP) is 0.579. The first kappa shape index (κ1) is 14.9. The van der Waals surface area contributed by atoms with Crippen LogP contribution in [0.2, 0.25) is 18.1 Å². The van der Waals surface area contributed by atoms with E-state index in [4.69, 9.17) is 18.6 Å². The summed E-state index contributed by atoms with van der Waals surface area (Å²) >= 11 is 0. The van der Waals surface area contributed by atoms with E-state index in [2.05, 4.69) is 33.9 Å². The molecule has 6 nitrogen and oxygen atoms in total. The molecule has 0 aromatic heterocycles. The molecule has 0 radical (unpaired) electrons. The van der Waals surface area contributed by atoms with E-state index in [0.29, 0.717) is 0 Å². The zero-order valence-corrected chi connectivity index (χ0v) is 13.6. The minimum Gasteiger partial charge on any atom is -0.408 e. The molecule has 2 N–H and O–H groups in total. The van der Waals surface area contributed by atoms with Gasteiger partial charge in [-0.1, -0.05) is 20.8 Å². The van der Waals surface area contributed by atoms with Crippen molar-refractivity contribution in [3.63, 3.8) is 0 Å². The summed E-state index contributed by atoms with van der Waals surface area (Å²) in [5.41, 5.74) is 0. The van der Waals surface area contributed by atoms with E-state index in [1.807, 2.05) is 0 Å². The Morgan fingerprint density at radius 1 is 0.900 bits per heavy atom. The van der Waals surface area contributed by atoms with Crippen LogP contribution in [-0.4, -0.2) is 61.6 Å². The summed E-state index contributed by atoms with van der Waals surface area (Å²) in [5.74, 6) is 0. The average molecular weight is 304 g/mol. The van der Waals surface area contributed by atoms with Crippen LogP contribution >= 0.6 is 0 Å². The third-order valence-electron chi connectivity index (χ3n) is 5.04. The molecule has 4 fully saturated rings. The summed E-state index contributed by atoms with van der Waals surface area (Å²) in [6.45, 7) is 9.91. The molecule has 116 valence electrons.